The van der Waals surface area contributed by atoms with Crippen molar-refractivity contribution in [1.82, 2.24) is 4.90 Å². The molecule has 1 aliphatic heterocycles. The highest BCUT2D eigenvalue weighted by Crippen LogP contribution is 2.30. The fourth-order valence-electron chi connectivity index (χ4n) is 3.53. The van der Waals surface area contributed by atoms with Gasteiger partial charge in [0.15, 0.2) is 11.5 Å². The molecule has 7 heteroatoms. The fraction of sp³-hybridized carbons (Fsp3) is 0.391. The molecule has 2 aromatic rings. The number of amides is 2. The van der Waals surface area contributed by atoms with Gasteiger partial charge in [-0.05, 0) is 69.2 Å². The molecule has 1 N–H and O–H groups in total. The Bertz CT molecular complexity index is 882. The van der Waals surface area contributed by atoms with E-state index >= 15 is 0 Å². The number of hydrogen-bond acceptors (Lipinski definition) is 5. The van der Waals surface area contributed by atoms with Gasteiger partial charge in [-0.25, -0.2) is 0 Å². The lowest BCUT2D eigenvalue weighted by molar-refractivity contribution is -0.119. The first-order chi connectivity index (χ1) is 14.6. The molecule has 1 unspecified atom stereocenters. The maximum Gasteiger partial charge on any atom is 0.254 e. The number of rotatable bonds is 8. The molecule has 1 fully saturated rings. The zero-order valence-corrected chi connectivity index (χ0v) is 17.6. The van der Waals surface area contributed by atoms with Crippen LogP contribution >= 0.6 is 0 Å². The number of likely N-dealkylation sites (tertiary alicyclic amines) is 1. The SMILES string of the molecule is CCOc1ccc(C(=O)N2CCCC2C(=O)Nc2ccc(OC)cc2)cc1OCC. The van der Waals surface area contributed by atoms with Crippen molar-refractivity contribution in [2.45, 2.75) is 32.7 Å². The largest absolute Gasteiger partial charge is 0.497 e. The number of benzene rings is 2. The second kappa shape index (κ2) is 10.0. The first-order valence-electron chi connectivity index (χ1n) is 10.2. The molecule has 2 amide bonds. The van der Waals surface area contributed by atoms with Crippen molar-refractivity contribution in [3.8, 4) is 17.2 Å². The van der Waals surface area contributed by atoms with E-state index in [1.54, 1.807) is 54.5 Å². The third-order valence-electron chi connectivity index (χ3n) is 4.96. The normalized spacial score (nSPS) is 15.6. The van der Waals surface area contributed by atoms with Gasteiger partial charge >= 0.3 is 0 Å². The zero-order valence-electron chi connectivity index (χ0n) is 17.6. The van der Waals surface area contributed by atoms with Crippen molar-refractivity contribution >= 4 is 17.5 Å². The van der Waals surface area contributed by atoms with Crippen LogP contribution in [0.3, 0.4) is 0 Å². The highest BCUT2D eigenvalue weighted by atomic mass is 16.5. The first-order valence-corrected chi connectivity index (χ1v) is 10.2. The Labute approximate surface area is 176 Å². The number of carbonyl (C=O) groups is 2. The van der Waals surface area contributed by atoms with Crippen LogP contribution in [-0.2, 0) is 4.79 Å². The number of methoxy groups -OCH3 is 1. The van der Waals surface area contributed by atoms with Crippen molar-refractivity contribution < 1.29 is 23.8 Å². The minimum absolute atomic E-state index is 0.189. The van der Waals surface area contributed by atoms with Gasteiger partial charge in [-0.15, -0.1) is 0 Å². The molecule has 0 aromatic heterocycles. The molecule has 3 rings (SSSR count). The van der Waals surface area contributed by atoms with Gasteiger partial charge in [-0.1, -0.05) is 0 Å². The van der Waals surface area contributed by atoms with Crippen LogP contribution in [0.25, 0.3) is 0 Å². The summed E-state index contributed by atoms with van der Waals surface area (Å²) in [6, 6.07) is 11.7. The minimum Gasteiger partial charge on any atom is -0.497 e. The Hall–Kier alpha value is -3.22. The average Bonchev–Trinajstić information content (AvgIpc) is 3.25. The summed E-state index contributed by atoms with van der Waals surface area (Å²) in [4.78, 5) is 27.6. The van der Waals surface area contributed by atoms with Crippen LogP contribution in [0.4, 0.5) is 5.69 Å². The van der Waals surface area contributed by atoms with E-state index < -0.39 is 6.04 Å². The second-order valence-corrected chi connectivity index (χ2v) is 6.90. The summed E-state index contributed by atoms with van der Waals surface area (Å²) in [5.41, 5.74) is 1.14. The summed E-state index contributed by atoms with van der Waals surface area (Å²) >= 11 is 0. The number of anilines is 1. The molecule has 0 radical (unpaired) electrons. The number of nitrogens with one attached hydrogen (secondary N) is 1. The van der Waals surface area contributed by atoms with Gasteiger partial charge in [0.25, 0.3) is 5.91 Å². The smallest absolute Gasteiger partial charge is 0.254 e. The molecule has 0 saturated carbocycles. The summed E-state index contributed by atoms with van der Waals surface area (Å²) < 4.78 is 16.3. The molecule has 0 aliphatic carbocycles. The molecule has 1 saturated heterocycles. The molecular formula is C23H28N2O5. The zero-order chi connectivity index (χ0) is 21.5. The van der Waals surface area contributed by atoms with E-state index in [0.29, 0.717) is 54.7 Å². The predicted octanol–water partition coefficient (Wildman–Crippen LogP) is 3.74. The lowest BCUT2D eigenvalue weighted by Crippen LogP contribution is -2.43. The van der Waals surface area contributed by atoms with Crippen molar-refractivity contribution in [3.05, 3.63) is 48.0 Å². The van der Waals surface area contributed by atoms with Gasteiger partial charge in [0.1, 0.15) is 11.8 Å². The average molecular weight is 412 g/mol. The number of ether oxygens (including phenoxy) is 3. The molecule has 1 heterocycles. The lowest BCUT2D eigenvalue weighted by atomic mass is 10.1. The highest BCUT2D eigenvalue weighted by molar-refractivity contribution is 6.01. The van der Waals surface area contributed by atoms with Crippen LogP contribution in [0, 0.1) is 0 Å². The van der Waals surface area contributed by atoms with E-state index in [1.807, 2.05) is 13.8 Å². The van der Waals surface area contributed by atoms with Crippen molar-refractivity contribution in [2.75, 3.05) is 32.2 Å². The van der Waals surface area contributed by atoms with Gasteiger partial charge in [0, 0.05) is 17.8 Å². The third kappa shape index (κ3) is 4.84. The van der Waals surface area contributed by atoms with Crippen LogP contribution < -0.4 is 19.5 Å². The molecular weight excluding hydrogens is 384 g/mol. The van der Waals surface area contributed by atoms with Gasteiger partial charge in [-0.2, -0.15) is 0 Å². The van der Waals surface area contributed by atoms with Crippen LogP contribution in [0.5, 0.6) is 17.2 Å². The van der Waals surface area contributed by atoms with E-state index in [-0.39, 0.29) is 11.8 Å². The summed E-state index contributed by atoms with van der Waals surface area (Å²) in [6.45, 7) is 5.29. The van der Waals surface area contributed by atoms with Crippen molar-refractivity contribution in [1.29, 1.82) is 0 Å². The molecule has 160 valence electrons. The number of nitrogens with zero attached hydrogens (tertiary/aromatic N) is 1. The Morgan fingerprint density at radius 3 is 2.40 bits per heavy atom. The Morgan fingerprint density at radius 2 is 1.73 bits per heavy atom. The third-order valence-corrected chi connectivity index (χ3v) is 4.96. The van der Waals surface area contributed by atoms with E-state index in [1.165, 1.54) is 0 Å². The van der Waals surface area contributed by atoms with Crippen LogP contribution in [0.1, 0.15) is 37.0 Å². The maximum absolute atomic E-state index is 13.2. The van der Waals surface area contributed by atoms with Gasteiger partial charge < -0.3 is 24.4 Å². The van der Waals surface area contributed by atoms with E-state index in [9.17, 15) is 9.59 Å². The lowest BCUT2D eigenvalue weighted by Gasteiger charge is -2.24. The molecule has 1 aliphatic rings. The Kier molecular flexibility index (Phi) is 7.17. The number of carbonyl (C=O) groups excluding carboxylic acids is 2. The van der Waals surface area contributed by atoms with E-state index in [0.717, 1.165) is 6.42 Å². The second-order valence-electron chi connectivity index (χ2n) is 6.90. The van der Waals surface area contributed by atoms with Crippen LogP contribution in [-0.4, -0.2) is 49.6 Å². The predicted molar refractivity (Wildman–Crippen MR) is 114 cm³/mol. The first kappa shape index (κ1) is 21.5. The molecule has 7 nitrogen and oxygen atoms in total. The Balaban J connectivity index is 1.74. The van der Waals surface area contributed by atoms with Crippen LogP contribution in [0.2, 0.25) is 0 Å². The van der Waals surface area contributed by atoms with Gasteiger partial charge in [-0.3, -0.25) is 9.59 Å². The Morgan fingerprint density at radius 1 is 1.03 bits per heavy atom. The topological polar surface area (TPSA) is 77.1 Å². The fourth-order valence-corrected chi connectivity index (χ4v) is 3.53. The standard InChI is InChI=1S/C23H28N2O5/c1-4-29-20-13-8-16(15-21(20)30-5-2)23(27)25-14-6-7-19(25)22(26)24-17-9-11-18(28-3)12-10-17/h8-13,15,19H,4-7,14H2,1-3H3,(H,24,26). The number of hydrogen-bond donors (Lipinski definition) is 1. The summed E-state index contributed by atoms with van der Waals surface area (Å²) in [5.74, 6) is 1.47. The molecule has 0 bridgehead atoms. The molecule has 30 heavy (non-hydrogen) atoms. The van der Waals surface area contributed by atoms with Crippen molar-refractivity contribution in [3.63, 3.8) is 0 Å². The quantitative estimate of drug-likeness (QED) is 0.715. The summed E-state index contributed by atoms with van der Waals surface area (Å²) in [6.07, 6.45) is 1.41. The molecule has 2 aromatic carbocycles. The molecule has 0 spiro atoms. The minimum atomic E-state index is -0.512. The monoisotopic (exact) mass is 412 g/mol. The van der Waals surface area contributed by atoms with Crippen molar-refractivity contribution in [2.24, 2.45) is 0 Å². The van der Waals surface area contributed by atoms with Crippen LogP contribution in [0.15, 0.2) is 42.5 Å². The highest BCUT2D eigenvalue weighted by Gasteiger charge is 2.34. The summed E-state index contributed by atoms with van der Waals surface area (Å²) in [5, 5.41) is 2.90. The van der Waals surface area contributed by atoms with Gasteiger partial charge in [0.05, 0.1) is 20.3 Å². The molecule has 1 atom stereocenters. The van der Waals surface area contributed by atoms with Gasteiger partial charge in [0.2, 0.25) is 5.91 Å². The summed E-state index contributed by atoms with van der Waals surface area (Å²) in [7, 11) is 1.59. The maximum atomic E-state index is 13.2. The van der Waals surface area contributed by atoms with E-state index in [4.69, 9.17) is 14.2 Å². The van der Waals surface area contributed by atoms with E-state index in [2.05, 4.69) is 5.32 Å².